The Balaban J connectivity index is 1.92. The second-order valence-corrected chi connectivity index (χ2v) is 4.71. The molecule has 98 valence electrons. The minimum Gasteiger partial charge on any atom is -0.489 e. The molecule has 1 heterocycles. The van der Waals surface area contributed by atoms with E-state index in [9.17, 15) is 8.78 Å². The molecule has 0 saturated carbocycles. The van der Waals surface area contributed by atoms with Crippen LogP contribution in [-0.2, 0) is 0 Å². The van der Waals surface area contributed by atoms with E-state index in [-0.39, 0.29) is 6.04 Å². The summed E-state index contributed by atoms with van der Waals surface area (Å²) in [7, 11) is 0. The molecule has 2 nitrogen and oxygen atoms in total. The van der Waals surface area contributed by atoms with E-state index in [1.54, 1.807) is 0 Å². The maximum atomic E-state index is 13.2. The maximum absolute atomic E-state index is 13.2. The van der Waals surface area contributed by atoms with E-state index in [0.29, 0.717) is 12.2 Å². The summed E-state index contributed by atoms with van der Waals surface area (Å²) >= 11 is 0. The molecular formula is C15H13F2NO. The first-order valence-electron chi connectivity index (χ1n) is 6.08. The van der Waals surface area contributed by atoms with Crippen LogP contribution in [-0.4, -0.2) is 6.61 Å². The number of hydrogen-bond acceptors (Lipinski definition) is 2. The Hall–Kier alpha value is -2.10. The Morgan fingerprint density at radius 2 is 1.84 bits per heavy atom. The van der Waals surface area contributed by atoms with E-state index in [0.717, 1.165) is 23.1 Å². The Kier molecular flexibility index (Phi) is 2.85. The van der Waals surface area contributed by atoms with Gasteiger partial charge in [0.2, 0.25) is 0 Å². The highest BCUT2D eigenvalue weighted by molar-refractivity contribution is 5.60. The molecule has 1 N–H and O–H groups in total. The number of benzene rings is 2. The van der Waals surface area contributed by atoms with Gasteiger partial charge in [-0.25, -0.2) is 8.78 Å². The van der Waals surface area contributed by atoms with E-state index < -0.39 is 11.6 Å². The number of anilines is 1. The van der Waals surface area contributed by atoms with Crippen molar-refractivity contribution in [3.8, 4) is 5.75 Å². The second-order valence-electron chi connectivity index (χ2n) is 4.71. The molecule has 3 rings (SSSR count). The van der Waals surface area contributed by atoms with Crippen molar-refractivity contribution in [2.45, 2.75) is 13.0 Å². The highest BCUT2D eigenvalue weighted by Gasteiger charge is 2.21. The minimum absolute atomic E-state index is 0.250. The summed E-state index contributed by atoms with van der Waals surface area (Å²) in [4.78, 5) is 0. The van der Waals surface area contributed by atoms with Gasteiger partial charge >= 0.3 is 0 Å². The Morgan fingerprint density at radius 3 is 2.58 bits per heavy atom. The topological polar surface area (TPSA) is 21.3 Å². The van der Waals surface area contributed by atoms with Crippen molar-refractivity contribution in [1.29, 1.82) is 0 Å². The largest absolute Gasteiger partial charge is 0.489 e. The quantitative estimate of drug-likeness (QED) is 0.842. The lowest BCUT2D eigenvalue weighted by molar-refractivity contribution is 0.286. The zero-order chi connectivity index (χ0) is 13.4. The summed E-state index contributed by atoms with van der Waals surface area (Å²) in [5.74, 6) is -0.391. The highest BCUT2D eigenvalue weighted by atomic mass is 19.1. The molecule has 0 bridgehead atoms. The third-order valence-corrected chi connectivity index (χ3v) is 3.16. The monoisotopic (exact) mass is 261 g/mol. The summed E-state index contributed by atoms with van der Waals surface area (Å²) in [6.45, 7) is 2.33. The summed E-state index contributed by atoms with van der Waals surface area (Å²) in [6.07, 6.45) is 0. The van der Waals surface area contributed by atoms with Gasteiger partial charge in [-0.1, -0.05) is 6.07 Å². The van der Waals surface area contributed by atoms with Crippen molar-refractivity contribution in [3.05, 3.63) is 59.2 Å². The van der Waals surface area contributed by atoms with Crippen LogP contribution in [0.5, 0.6) is 5.75 Å². The first-order chi connectivity index (χ1) is 9.11. The predicted octanol–water partition coefficient (Wildman–Crippen LogP) is 3.82. The van der Waals surface area contributed by atoms with Gasteiger partial charge in [0.05, 0.1) is 11.7 Å². The number of fused-ring (bicyclic) bond motifs is 1. The van der Waals surface area contributed by atoms with E-state index in [2.05, 4.69) is 5.32 Å². The fraction of sp³-hybridized carbons (Fsp3) is 0.200. The van der Waals surface area contributed by atoms with Crippen LogP contribution in [0.1, 0.15) is 17.2 Å². The molecular weight excluding hydrogens is 248 g/mol. The van der Waals surface area contributed by atoms with Crippen molar-refractivity contribution in [3.63, 3.8) is 0 Å². The lowest BCUT2D eigenvalue weighted by Gasteiger charge is -2.28. The van der Waals surface area contributed by atoms with Crippen molar-refractivity contribution in [2.24, 2.45) is 0 Å². The van der Waals surface area contributed by atoms with Gasteiger partial charge in [-0.2, -0.15) is 0 Å². The average molecular weight is 261 g/mol. The van der Waals surface area contributed by atoms with E-state index in [1.807, 2.05) is 25.1 Å². The highest BCUT2D eigenvalue weighted by Crippen LogP contribution is 2.34. The molecule has 0 aliphatic carbocycles. The molecule has 0 spiro atoms. The van der Waals surface area contributed by atoms with Crippen LogP contribution in [0.25, 0.3) is 0 Å². The standard InChI is InChI=1S/C15H13F2NO/c1-9-2-3-15-13(4-9)18-14(8-19-15)10-5-11(16)7-12(17)6-10/h2-7,14,18H,8H2,1H3/t14-/m1/s1. The van der Waals surface area contributed by atoms with Gasteiger partial charge in [-0.3, -0.25) is 0 Å². The van der Waals surface area contributed by atoms with Crippen molar-refractivity contribution >= 4 is 5.69 Å². The van der Waals surface area contributed by atoms with E-state index >= 15 is 0 Å². The van der Waals surface area contributed by atoms with Gasteiger partial charge in [0.1, 0.15) is 24.0 Å². The molecule has 0 aromatic heterocycles. The van der Waals surface area contributed by atoms with Crippen LogP contribution in [0.3, 0.4) is 0 Å². The van der Waals surface area contributed by atoms with Crippen LogP contribution in [0.2, 0.25) is 0 Å². The van der Waals surface area contributed by atoms with Crippen molar-refractivity contribution < 1.29 is 13.5 Å². The predicted molar refractivity (Wildman–Crippen MR) is 69.4 cm³/mol. The molecule has 1 atom stereocenters. The van der Waals surface area contributed by atoms with Crippen LogP contribution >= 0.6 is 0 Å². The van der Waals surface area contributed by atoms with Crippen LogP contribution in [0, 0.1) is 18.6 Å². The van der Waals surface area contributed by atoms with Gasteiger partial charge < -0.3 is 10.1 Å². The summed E-state index contributed by atoms with van der Waals surface area (Å²) in [5, 5.41) is 3.25. The Labute approximate surface area is 110 Å². The van der Waals surface area contributed by atoms with Gasteiger partial charge in [0.15, 0.2) is 0 Å². The molecule has 0 saturated heterocycles. The van der Waals surface area contributed by atoms with Crippen LogP contribution in [0.4, 0.5) is 14.5 Å². The first-order valence-corrected chi connectivity index (χ1v) is 6.08. The fourth-order valence-corrected chi connectivity index (χ4v) is 2.24. The zero-order valence-corrected chi connectivity index (χ0v) is 10.4. The maximum Gasteiger partial charge on any atom is 0.142 e. The summed E-state index contributed by atoms with van der Waals surface area (Å²) < 4.78 is 32.1. The number of rotatable bonds is 1. The number of nitrogens with one attached hydrogen (secondary N) is 1. The Morgan fingerprint density at radius 1 is 1.11 bits per heavy atom. The minimum atomic E-state index is -0.577. The first kappa shape index (κ1) is 12.0. The molecule has 19 heavy (non-hydrogen) atoms. The fourth-order valence-electron chi connectivity index (χ4n) is 2.24. The number of ether oxygens (including phenoxy) is 1. The van der Waals surface area contributed by atoms with E-state index in [4.69, 9.17) is 4.74 Å². The molecule has 0 amide bonds. The van der Waals surface area contributed by atoms with Gasteiger partial charge in [-0.15, -0.1) is 0 Å². The molecule has 1 aliphatic rings. The second kappa shape index (κ2) is 4.53. The third-order valence-electron chi connectivity index (χ3n) is 3.16. The molecule has 0 unspecified atom stereocenters. The molecule has 0 radical (unpaired) electrons. The molecule has 1 aliphatic heterocycles. The normalized spacial score (nSPS) is 17.3. The smallest absolute Gasteiger partial charge is 0.142 e. The Bertz CT molecular complexity index is 607. The van der Waals surface area contributed by atoms with Gasteiger partial charge in [0.25, 0.3) is 0 Å². The number of hydrogen-bond donors (Lipinski definition) is 1. The summed E-state index contributed by atoms with van der Waals surface area (Å²) in [6, 6.07) is 9.07. The lowest BCUT2D eigenvalue weighted by Crippen LogP contribution is -2.24. The van der Waals surface area contributed by atoms with Crippen LogP contribution < -0.4 is 10.1 Å². The average Bonchev–Trinajstić information content (AvgIpc) is 2.36. The molecule has 0 fully saturated rings. The van der Waals surface area contributed by atoms with Gasteiger partial charge in [-0.05, 0) is 42.3 Å². The van der Waals surface area contributed by atoms with E-state index in [1.165, 1.54) is 12.1 Å². The number of halogens is 2. The van der Waals surface area contributed by atoms with Crippen molar-refractivity contribution in [2.75, 3.05) is 11.9 Å². The molecule has 4 heteroatoms. The SMILES string of the molecule is Cc1ccc2c(c1)N[C@@H](c1cc(F)cc(F)c1)CO2. The summed E-state index contributed by atoms with van der Waals surface area (Å²) in [5.41, 5.74) is 2.49. The third kappa shape index (κ3) is 2.38. The lowest BCUT2D eigenvalue weighted by atomic mass is 10.0. The van der Waals surface area contributed by atoms with Crippen molar-refractivity contribution in [1.82, 2.24) is 0 Å². The van der Waals surface area contributed by atoms with Crippen LogP contribution in [0.15, 0.2) is 36.4 Å². The zero-order valence-electron chi connectivity index (χ0n) is 10.4. The number of aryl methyl sites for hydroxylation is 1. The molecule has 2 aromatic rings. The van der Waals surface area contributed by atoms with Gasteiger partial charge in [0, 0.05) is 6.07 Å². The molecule has 2 aromatic carbocycles.